The van der Waals surface area contributed by atoms with Crippen LogP contribution in [0.2, 0.25) is 0 Å². The van der Waals surface area contributed by atoms with Crippen LogP contribution in [-0.4, -0.2) is 50.1 Å². The molecule has 5 aromatic rings. The van der Waals surface area contributed by atoms with Crippen LogP contribution in [-0.2, 0) is 4.79 Å². The minimum atomic E-state index is -0.294. The van der Waals surface area contributed by atoms with Gasteiger partial charge in [-0.2, -0.15) is 10.4 Å². The van der Waals surface area contributed by atoms with Gasteiger partial charge in [0.15, 0.2) is 11.5 Å². The summed E-state index contributed by atoms with van der Waals surface area (Å²) < 4.78 is 12.1. The van der Waals surface area contributed by atoms with Crippen molar-refractivity contribution in [3.63, 3.8) is 0 Å². The second kappa shape index (κ2) is 13.1. The Morgan fingerprint density at radius 2 is 1.70 bits per heavy atom. The zero-order chi connectivity index (χ0) is 31.3. The van der Waals surface area contributed by atoms with Gasteiger partial charge in [0.1, 0.15) is 40.0 Å². The van der Waals surface area contributed by atoms with Crippen LogP contribution in [0.15, 0.2) is 90.6 Å². The molecule has 0 radical (unpaired) electrons. The maximum atomic E-state index is 13.4. The standard InChI is InChI=1S/C36H33N7O3/c37-22-25(21-26-9-6-12-31(39-26)24-7-4-5-8-24)36(44)43-20-18-27(23-43)40-35-33-32(17-19-38-34(33)41-42-35)46-30-15-13-29(14-16-30)45-28-10-2-1-3-11-28/h1-3,6,9-17,19,21,24,27H,4-5,7-8,18,20,23H2,(H2,38,40,41,42)/b25-21+/t27-/m1/s1. The van der Waals surface area contributed by atoms with Gasteiger partial charge in [-0.05, 0) is 73.9 Å². The van der Waals surface area contributed by atoms with Gasteiger partial charge in [-0.25, -0.2) is 4.98 Å². The second-order valence-corrected chi connectivity index (χ2v) is 11.6. The van der Waals surface area contributed by atoms with Gasteiger partial charge in [-0.3, -0.25) is 14.9 Å². The maximum absolute atomic E-state index is 13.4. The van der Waals surface area contributed by atoms with Gasteiger partial charge >= 0.3 is 0 Å². The van der Waals surface area contributed by atoms with Crippen LogP contribution in [0, 0.1) is 11.3 Å². The third-order valence-electron chi connectivity index (χ3n) is 8.48. The average Bonchev–Trinajstić information content (AvgIpc) is 3.88. The summed E-state index contributed by atoms with van der Waals surface area (Å²) in [6, 6.07) is 26.7. The van der Waals surface area contributed by atoms with Crippen molar-refractivity contribution < 1.29 is 14.3 Å². The fraction of sp³-hybridized carbons (Fsp3) is 0.250. The van der Waals surface area contributed by atoms with Gasteiger partial charge in [-0.15, -0.1) is 0 Å². The summed E-state index contributed by atoms with van der Waals surface area (Å²) in [5, 5.41) is 21.5. The summed E-state index contributed by atoms with van der Waals surface area (Å²) in [5.74, 6) is 3.44. The monoisotopic (exact) mass is 611 g/mol. The average molecular weight is 612 g/mol. The van der Waals surface area contributed by atoms with E-state index in [9.17, 15) is 10.1 Å². The molecular weight excluding hydrogens is 578 g/mol. The molecule has 2 N–H and O–H groups in total. The van der Waals surface area contributed by atoms with E-state index in [0.717, 1.165) is 24.3 Å². The van der Waals surface area contributed by atoms with Crippen molar-refractivity contribution in [3.8, 4) is 29.1 Å². The molecule has 230 valence electrons. The van der Waals surface area contributed by atoms with Crippen LogP contribution >= 0.6 is 0 Å². The first-order valence-corrected chi connectivity index (χ1v) is 15.6. The van der Waals surface area contributed by atoms with Crippen LogP contribution in [0.25, 0.3) is 17.1 Å². The Kier molecular flexibility index (Phi) is 8.28. The Hall–Kier alpha value is -5.69. The van der Waals surface area contributed by atoms with Crippen molar-refractivity contribution in [2.45, 2.75) is 44.1 Å². The Balaban J connectivity index is 1.02. The first-order valence-electron chi connectivity index (χ1n) is 15.6. The summed E-state index contributed by atoms with van der Waals surface area (Å²) in [5.41, 5.74) is 2.35. The first kappa shape index (κ1) is 29.0. The predicted octanol–water partition coefficient (Wildman–Crippen LogP) is 7.22. The number of rotatable bonds is 9. The van der Waals surface area contributed by atoms with Crippen LogP contribution in [0.5, 0.6) is 23.0 Å². The molecule has 0 spiro atoms. The first-order chi connectivity index (χ1) is 22.6. The number of hydrogen-bond donors (Lipinski definition) is 2. The number of benzene rings is 2. The number of pyridine rings is 2. The highest BCUT2D eigenvalue weighted by Crippen LogP contribution is 2.35. The van der Waals surface area contributed by atoms with Gasteiger partial charge in [0, 0.05) is 43.0 Å². The number of para-hydroxylation sites is 1. The molecule has 1 saturated carbocycles. The molecule has 1 amide bonds. The Morgan fingerprint density at radius 1 is 0.935 bits per heavy atom. The molecule has 0 bridgehead atoms. The molecule has 1 saturated heterocycles. The van der Waals surface area contributed by atoms with E-state index >= 15 is 0 Å². The summed E-state index contributed by atoms with van der Waals surface area (Å²) in [4.78, 5) is 24.3. The fourth-order valence-electron chi connectivity index (χ4n) is 6.15. The molecule has 46 heavy (non-hydrogen) atoms. The van der Waals surface area contributed by atoms with Gasteiger partial charge in [-0.1, -0.05) is 37.1 Å². The predicted molar refractivity (Wildman–Crippen MR) is 175 cm³/mol. The van der Waals surface area contributed by atoms with Gasteiger partial charge in [0.2, 0.25) is 0 Å². The van der Waals surface area contributed by atoms with Crippen LogP contribution in [0.4, 0.5) is 5.82 Å². The molecule has 10 heteroatoms. The molecule has 10 nitrogen and oxygen atoms in total. The van der Waals surface area contributed by atoms with Crippen molar-refractivity contribution in [1.82, 2.24) is 25.1 Å². The number of carbonyl (C=O) groups excluding carboxylic acids is 1. The lowest BCUT2D eigenvalue weighted by Gasteiger charge is -2.17. The number of aromatic nitrogens is 4. The number of amides is 1. The number of nitriles is 1. The highest BCUT2D eigenvalue weighted by Gasteiger charge is 2.29. The van der Waals surface area contributed by atoms with Crippen LogP contribution in [0.1, 0.15) is 49.4 Å². The number of aromatic amines is 1. The molecule has 4 heterocycles. The Labute approximate surface area is 266 Å². The van der Waals surface area contributed by atoms with E-state index in [1.165, 1.54) is 12.8 Å². The minimum Gasteiger partial charge on any atom is -0.457 e. The highest BCUT2D eigenvalue weighted by atomic mass is 16.5. The summed E-state index contributed by atoms with van der Waals surface area (Å²) in [7, 11) is 0. The number of likely N-dealkylation sites (tertiary alicyclic amines) is 1. The second-order valence-electron chi connectivity index (χ2n) is 11.6. The van der Waals surface area contributed by atoms with Gasteiger partial charge in [0.05, 0.1) is 5.69 Å². The molecular formula is C36H33N7O3. The lowest BCUT2D eigenvalue weighted by atomic mass is 10.0. The van der Waals surface area contributed by atoms with E-state index < -0.39 is 0 Å². The zero-order valence-electron chi connectivity index (χ0n) is 25.2. The van der Waals surface area contributed by atoms with Crippen molar-refractivity contribution >= 4 is 28.8 Å². The zero-order valence-corrected chi connectivity index (χ0v) is 25.2. The summed E-state index contributed by atoms with van der Waals surface area (Å²) >= 11 is 0. The molecule has 2 fully saturated rings. The third-order valence-corrected chi connectivity index (χ3v) is 8.48. The maximum Gasteiger partial charge on any atom is 0.264 e. The van der Waals surface area contributed by atoms with Crippen molar-refractivity contribution in [3.05, 3.63) is 102 Å². The number of H-pyrrole nitrogens is 1. The van der Waals surface area contributed by atoms with Crippen molar-refractivity contribution in [2.24, 2.45) is 0 Å². The lowest BCUT2D eigenvalue weighted by molar-refractivity contribution is -0.125. The Morgan fingerprint density at radius 3 is 2.48 bits per heavy atom. The van der Waals surface area contributed by atoms with E-state index in [4.69, 9.17) is 14.5 Å². The topological polar surface area (TPSA) is 129 Å². The smallest absolute Gasteiger partial charge is 0.264 e. The van der Waals surface area contributed by atoms with E-state index in [0.29, 0.717) is 65.2 Å². The molecule has 1 aliphatic heterocycles. The number of anilines is 1. The van der Waals surface area contributed by atoms with Crippen molar-refractivity contribution in [1.29, 1.82) is 5.26 Å². The molecule has 7 rings (SSSR count). The van der Waals surface area contributed by atoms with E-state index in [2.05, 4.69) is 26.6 Å². The molecule has 1 aliphatic carbocycles. The molecule has 0 unspecified atom stereocenters. The summed E-state index contributed by atoms with van der Waals surface area (Å²) in [6.45, 7) is 0.952. The van der Waals surface area contributed by atoms with Crippen LogP contribution in [0.3, 0.4) is 0 Å². The number of hydrogen-bond acceptors (Lipinski definition) is 8. The largest absolute Gasteiger partial charge is 0.457 e. The normalized spacial score (nSPS) is 16.8. The Bertz CT molecular complexity index is 1910. The number of carbonyl (C=O) groups is 1. The van der Waals surface area contributed by atoms with Crippen LogP contribution < -0.4 is 14.8 Å². The van der Waals surface area contributed by atoms with Crippen molar-refractivity contribution in [2.75, 3.05) is 18.4 Å². The molecule has 1 atom stereocenters. The number of ether oxygens (including phenoxy) is 2. The van der Waals surface area contributed by atoms with E-state index in [1.54, 1.807) is 23.2 Å². The lowest BCUT2D eigenvalue weighted by Crippen LogP contribution is -2.32. The molecule has 3 aromatic heterocycles. The quantitative estimate of drug-likeness (QED) is 0.132. The van der Waals surface area contributed by atoms with E-state index in [-0.39, 0.29) is 17.5 Å². The number of nitrogens with one attached hydrogen (secondary N) is 2. The third kappa shape index (κ3) is 6.40. The number of nitrogens with zero attached hydrogens (tertiary/aromatic N) is 5. The molecule has 2 aliphatic rings. The summed E-state index contributed by atoms with van der Waals surface area (Å²) in [6.07, 6.45) is 8.69. The fourth-order valence-corrected chi connectivity index (χ4v) is 6.15. The van der Waals surface area contributed by atoms with Gasteiger partial charge in [0.25, 0.3) is 5.91 Å². The highest BCUT2D eigenvalue weighted by molar-refractivity contribution is 6.01. The SMILES string of the molecule is N#C/C(=C\c1cccc(C2CCCC2)n1)C(=O)N1CC[C@@H](Nc2n[nH]c3nccc(Oc4ccc(Oc5ccccc5)cc4)c23)C1. The van der Waals surface area contributed by atoms with Gasteiger partial charge < -0.3 is 19.7 Å². The minimum absolute atomic E-state index is 0.0679. The number of fused-ring (bicyclic) bond motifs is 1. The molecule has 2 aromatic carbocycles. The van der Waals surface area contributed by atoms with E-state index in [1.807, 2.05) is 72.8 Å².